The third-order valence-electron chi connectivity index (χ3n) is 4.15. The normalized spacial score (nSPS) is 11.5. The first-order valence-electron chi connectivity index (χ1n) is 8.88. The molecular weight excluding hydrogens is 401 g/mol. The molecule has 3 rings (SSSR count). The van der Waals surface area contributed by atoms with Crippen molar-refractivity contribution >= 4 is 23.4 Å². The third kappa shape index (κ3) is 5.17. The standard InChI is InChI=1S/C20H19F3N4OS/c1-3-27-18(14-9-7-13(2)8-10-14)25-26-19(27)29-12-17(28)24-16-6-4-5-15(11-16)20(21,22)23/h4-11H,3,12H2,1-2H3,(H,24,28). The highest BCUT2D eigenvalue weighted by Crippen LogP contribution is 2.31. The van der Waals surface area contributed by atoms with Gasteiger partial charge in [0.25, 0.3) is 0 Å². The Morgan fingerprint density at radius 1 is 1.14 bits per heavy atom. The molecule has 29 heavy (non-hydrogen) atoms. The van der Waals surface area contributed by atoms with E-state index in [2.05, 4.69) is 15.5 Å². The van der Waals surface area contributed by atoms with E-state index in [4.69, 9.17) is 0 Å². The van der Waals surface area contributed by atoms with Crippen LogP contribution in [0.3, 0.4) is 0 Å². The van der Waals surface area contributed by atoms with Gasteiger partial charge >= 0.3 is 6.18 Å². The molecule has 0 saturated heterocycles. The Labute approximate surface area is 170 Å². The summed E-state index contributed by atoms with van der Waals surface area (Å²) in [7, 11) is 0. The molecule has 0 spiro atoms. The fraction of sp³-hybridized carbons (Fsp3) is 0.250. The number of halogens is 3. The van der Waals surface area contributed by atoms with Gasteiger partial charge < -0.3 is 9.88 Å². The number of anilines is 1. The molecule has 2 aromatic carbocycles. The van der Waals surface area contributed by atoms with Gasteiger partial charge in [-0.15, -0.1) is 10.2 Å². The van der Waals surface area contributed by atoms with Crippen molar-refractivity contribution in [1.29, 1.82) is 0 Å². The van der Waals surface area contributed by atoms with E-state index in [9.17, 15) is 18.0 Å². The summed E-state index contributed by atoms with van der Waals surface area (Å²) in [6, 6.07) is 12.4. The van der Waals surface area contributed by atoms with Crippen molar-refractivity contribution in [3.05, 3.63) is 59.7 Å². The number of amides is 1. The summed E-state index contributed by atoms with van der Waals surface area (Å²) in [5, 5.41) is 11.4. The molecule has 0 saturated carbocycles. The molecule has 152 valence electrons. The van der Waals surface area contributed by atoms with Gasteiger partial charge in [-0.3, -0.25) is 4.79 Å². The van der Waals surface area contributed by atoms with Crippen LogP contribution in [0.4, 0.5) is 18.9 Å². The topological polar surface area (TPSA) is 59.8 Å². The third-order valence-corrected chi connectivity index (χ3v) is 5.12. The second-order valence-electron chi connectivity index (χ2n) is 6.33. The molecule has 0 aliphatic heterocycles. The Balaban J connectivity index is 1.67. The van der Waals surface area contributed by atoms with Crippen LogP contribution < -0.4 is 5.32 Å². The van der Waals surface area contributed by atoms with Gasteiger partial charge in [-0.25, -0.2) is 0 Å². The molecule has 0 atom stereocenters. The monoisotopic (exact) mass is 420 g/mol. The van der Waals surface area contributed by atoms with Gasteiger partial charge in [-0.2, -0.15) is 13.2 Å². The summed E-state index contributed by atoms with van der Waals surface area (Å²) in [6.07, 6.45) is -4.46. The lowest BCUT2D eigenvalue weighted by atomic mass is 10.1. The van der Waals surface area contributed by atoms with Gasteiger partial charge in [0.05, 0.1) is 11.3 Å². The highest BCUT2D eigenvalue weighted by atomic mass is 32.2. The number of hydrogen-bond acceptors (Lipinski definition) is 4. The van der Waals surface area contributed by atoms with Gasteiger partial charge in [0, 0.05) is 17.8 Å². The number of aryl methyl sites for hydroxylation is 1. The first-order valence-corrected chi connectivity index (χ1v) is 9.86. The van der Waals surface area contributed by atoms with E-state index in [0.717, 1.165) is 23.3 Å². The van der Waals surface area contributed by atoms with Crippen molar-refractivity contribution in [2.24, 2.45) is 0 Å². The number of carbonyl (C=O) groups excluding carboxylic acids is 1. The maximum absolute atomic E-state index is 12.8. The van der Waals surface area contributed by atoms with Crippen LogP contribution in [0.1, 0.15) is 18.1 Å². The fourth-order valence-electron chi connectivity index (χ4n) is 2.70. The molecule has 1 aromatic heterocycles. The molecule has 0 aliphatic rings. The molecule has 1 N–H and O–H groups in total. The number of thioether (sulfide) groups is 1. The number of nitrogens with one attached hydrogen (secondary N) is 1. The number of aromatic nitrogens is 3. The lowest BCUT2D eigenvalue weighted by molar-refractivity contribution is -0.137. The quantitative estimate of drug-likeness (QED) is 0.569. The second-order valence-corrected chi connectivity index (χ2v) is 7.27. The molecule has 5 nitrogen and oxygen atoms in total. The minimum Gasteiger partial charge on any atom is -0.325 e. The molecule has 0 fully saturated rings. The number of hydrogen-bond donors (Lipinski definition) is 1. The first kappa shape index (κ1) is 20.9. The van der Waals surface area contributed by atoms with Crippen LogP contribution in [0.25, 0.3) is 11.4 Å². The van der Waals surface area contributed by atoms with Gasteiger partial charge in [0.2, 0.25) is 5.91 Å². The lowest BCUT2D eigenvalue weighted by Gasteiger charge is -2.10. The zero-order valence-corrected chi connectivity index (χ0v) is 16.6. The maximum atomic E-state index is 12.8. The zero-order valence-electron chi connectivity index (χ0n) is 15.8. The van der Waals surface area contributed by atoms with E-state index in [-0.39, 0.29) is 11.4 Å². The Morgan fingerprint density at radius 3 is 2.52 bits per heavy atom. The SMILES string of the molecule is CCn1c(SCC(=O)Nc2cccc(C(F)(F)F)c2)nnc1-c1ccc(C)cc1. The number of benzene rings is 2. The molecule has 0 aliphatic carbocycles. The van der Waals surface area contributed by atoms with Crippen LogP contribution in [-0.2, 0) is 17.5 Å². The number of alkyl halides is 3. The highest BCUT2D eigenvalue weighted by molar-refractivity contribution is 7.99. The summed E-state index contributed by atoms with van der Waals surface area (Å²) in [5.41, 5.74) is 1.35. The molecular formula is C20H19F3N4OS. The van der Waals surface area contributed by atoms with Crippen molar-refractivity contribution in [2.75, 3.05) is 11.1 Å². The fourth-order valence-corrected chi connectivity index (χ4v) is 3.50. The van der Waals surface area contributed by atoms with Crippen LogP contribution in [0.5, 0.6) is 0 Å². The molecule has 0 unspecified atom stereocenters. The van der Waals surface area contributed by atoms with Gasteiger partial charge in [-0.05, 0) is 32.0 Å². The molecule has 9 heteroatoms. The van der Waals surface area contributed by atoms with E-state index >= 15 is 0 Å². The van der Waals surface area contributed by atoms with Crippen molar-refractivity contribution in [1.82, 2.24) is 14.8 Å². The van der Waals surface area contributed by atoms with Gasteiger partial charge in [0.1, 0.15) is 0 Å². The van der Waals surface area contributed by atoms with Crippen molar-refractivity contribution in [2.45, 2.75) is 31.7 Å². The Bertz CT molecular complexity index is 1000. The largest absolute Gasteiger partial charge is 0.416 e. The van der Waals surface area contributed by atoms with Crippen LogP contribution in [0.2, 0.25) is 0 Å². The summed E-state index contributed by atoms with van der Waals surface area (Å²) in [5.74, 6) is 0.285. The van der Waals surface area contributed by atoms with Gasteiger partial charge in [-0.1, -0.05) is 47.7 Å². The summed E-state index contributed by atoms with van der Waals surface area (Å²) >= 11 is 1.18. The number of nitrogens with zero attached hydrogens (tertiary/aromatic N) is 3. The minimum atomic E-state index is -4.46. The number of carbonyl (C=O) groups is 1. The average Bonchev–Trinajstić information content (AvgIpc) is 3.09. The first-order chi connectivity index (χ1) is 13.8. The molecule has 3 aromatic rings. The van der Waals surface area contributed by atoms with Gasteiger partial charge in [0.15, 0.2) is 11.0 Å². The van der Waals surface area contributed by atoms with E-state index in [1.807, 2.05) is 42.7 Å². The van der Waals surface area contributed by atoms with E-state index in [1.165, 1.54) is 23.9 Å². The van der Waals surface area contributed by atoms with Crippen LogP contribution in [0.15, 0.2) is 53.7 Å². The molecule has 1 amide bonds. The summed E-state index contributed by atoms with van der Waals surface area (Å²) < 4.78 is 40.3. The van der Waals surface area contributed by atoms with Crippen molar-refractivity contribution in [3.63, 3.8) is 0 Å². The maximum Gasteiger partial charge on any atom is 0.416 e. The predicted octanol–water partition coefficient (Wildman–Crippen LogP) is 5.02. The molecule has 0 radical (unpaired) electrons. The predicted molar refractivity (Wildman–Crippen MR) is 107 cm³/mol. The van der Waals surface area contributed by atoms with Crippen molar-refractivity contribution in [3.8, 4) is 11.4 Å². The Kier molecular flexibility index (Phi) is 6.26. The van der Waals surface area contributed by atoms with Crippen molar-refractivity contribution < 1.29 is 18.0 Å². The molecule has 0 bridgehead atoms. The van der Waals surface area contributed by atoms with E-state index in [1.54, 1.807) is 0 Å². The van der Waals surface area contributed by atoms with Crippen LogP contribution >= 0.6 is 11.8 Å². The van der Waals surface area contributed by atoms with Crippen LogP contribution in [0, 0.1) is 6.92 Å². The molecule has 1 heterocycles. The van der Waals surface area contributed by atoms with Crippen LogP contribution in [-0.4, -0.2) is 26.4 Å². The lowest BCUT2D eigenvalue weighted by Crippen LogP contribution is -2.15. The zero-order chi connectivity index (χ0) is 21.0. The van der Waals surface area contributed by atoms with E-state index in [0.29, 0.717) is 17.5 Å². The summed E-state index contributed by atoms with van der Waals surface area (Å²) in [6.45, 7) is 4.57. The highest BCUT2D eigenvalue weighted by Gasteiger charge is 2.30. The summed E-state index contributed by atoms with van der Waals surface area (Å²) in [4.78, 5) is 12.2. The minimum absolute atomic E-state index is 0.00226. The average molecular weight is 420 g/mol. The smallest absolute Gasteiger partial charge is 0.325 e. The number of rotatable bonds is 6. The Hall–Kier alpha value is -2.81. The Morgan fingerprint density at radius 2 is 1.86 bits per heavy atom. The van der Waals surface area contributed by atoms with E-state index < -0.39 is 17.6 Å². The second kappa shape index (κ2) is 8.69.